The second kappa shape index (κ2) is 7.59. The smallest absolute Gasteiger partial charge is 0.228 e. The molecule has 128 valence electrons. The summed E-state index contributed by atoms with van der Waals surface area (Å²) in [7, 11) is 1.61. The number of piperazine rings is 1. The number of rotatable bonds is 5. The summed E-state index contributed by atoms with van der Waals surface area (Å²) in [6, 6.07) is 11.9. The van der Waals surface area contributed by atoms with Gasteiger partial charge in [-0.05, 0) is 12.5 Å². The van der Waals surface area contributed by atoms with E-state index in [1.165, 1.54) is 0 Å². The van der Waals surface area contributed by atoms with Gasteiger partial charge < -0.3 is 14.7 Å². The molecule has 0 amide bonds. The molecule has 1 aliphatic heterocycles. The second-order valence-electron chi connectivity index (χ2n) is 6.12. The number of β-amino-alcohol motifs (C(OH)–C–C–N with tert-alkyl or cyclic N) is 1. The van der Waals surface area contributed by atoms with Crippen LogP contribution in [0, 0.1) is 0 Å². The fourth-order valence-corrected chi connectivity index (χ4v) is 3.05. The van der Waals surface area contributed by atoms with E-state index in [1.54, 1.807) is 19.4 Å². The van der Waals surface area contributed by atoms with E-state index in [0.717, 1.165) is 25.2 Å². The van der Waals surface area contributed by atoms with Gasteiger partial charge in [-0.2, -0.15) is 4.98 Å². The van der Waals surface area contributed by atoms with Crippen LogP contribution in [0.25, 0.3) is 0 Å². The lowest BCUT2D eigenvalue weighted by Crippen LogP contribution is -2.53. The van der Waals surface area contributed by atoms with Crippen LogP contribution < -0.4 is 9.64 Å². The number of benzene rings is 1. The van der Waals surface area contributed by atoms with Crippen LogP contribution in [0.2, 0.25) is 0 Å². The summed E-state index contributed by atoms with van der Waals surface area (Å²) in [6.45, 7) is 5.33. The molecule has 2 heterocycles. The van der Waals surface area contributed by atoms with Crippen molar-refractivity contribution in [3.63, 3.8) is 0 Å². The zero-order chi connectivity index (χ0) is 16.9. The van der Waals surface area contributed by atoms with Gasteiger partial charge in [-0.3, -0.25) is 4.90 Å². The fraction of sp³-hybridized carbons (Fsp3) is 0.444. The normalized spacial score (nSPS) is 20.0. The number of anilines is 1. The van der Waals surface area contributed by atoms with Crippen LogP contribution in [-0.2, 0) is 0 Å². The molecule has 0 bridgehead atoms. The number of ether oxygens (including phenoxy) is 1. The van der Waals surface area contributed by atoms with E-state index < -0.39 is 6.10 Å². The number of aliphatic hydroxyl groups excluding tert-OH is 1. The van der Waals surface area contributed by atoms with Crippen molar-refractivity contribution < 1.29 is 9.84 Å². The van der Waals surface area contributed by atoms with Crippen LogP contribution in [0.5, 0.6) is 5.88 Å². The molecule has 3 rings (SSSR count). The van der Waals surface area contributed by atoms with Gasteiger partial charge in [0.25, 0.3) is 0 Å². The molecule has 6 nitrogen and oxygen atoms in total. The van der Waals surface area contributed by atoms with Gasteiger partial charge in [0, 0.05) is 44.5 Å². The van der Waals surface area contributed by atoms with Crippen LogP contribution in [0.3, 0.4) is 0 Å². The van der Waals surface area contributed by atoms with Gasteiger partial charge >= 0.3 is 0 Å². The minimum absolute atomic E-state index is 0.312. The Bertz CT molecular complexity index is 652. The number of hydrogen-bond acceptors (Lipinski definition) is 6. The number of aromatic nitrogens is 2. The summed E-state index contributed by atoms with van der Waals surface area (Å²) in [5.41, 5.74) is 0.961. The lowest BCUT2D eigenvalue weighted by molar-refractivity contribution is 0.0847. The highest BCUT2D eigenvalue weighted by atomic mass is 16.5. The van der Waals surface area contributed by atoms with Gasteiger partial charge in [-0.15, -0.1) is 0 Å². The van der Waals surface area contributed by atoms with E-state index in [0.29, 0.717) is 24.4 Å². The van der Waals surface area contributed by atoms with E-state index in [2.05, 4.69) is 26.7 Å². The largest absolute Gasteiger partial charge is 0.481 e. The molecule has 0 spiro atoms. The Kier molecular flexibility index (Phi) is 5.27. The first-order chi connectivity index (χ1) is 11.7. The first kappa shape index (κ1) is 16.7. The maximum Gasteiger partial charge on any atom is 0.228 e. The highest BCUT2D eigenvalue weighted by Crippen LogP contribution is 2.20. The second-order valence-corrected chi connectivity index (χ2v) is 6.12. The van der Waals surface area contributed by atoms with Crippen LogP contribution in [0.1, 0.15) is 18.6 Å². The molecule has 1 fully saturated rings. The molecule has 1 aromatic heterocycles. The molecule has 2 aromatic rings. The lowest BCUT2D eigenvalue weighted by Gasteiger charge is -2.40. The topological polar surface area (TPSA) is 61.7 Å². The molecule has 1 N–H and O–H groups in total. The van der Waals surface area contributed by atoms with Crippen molar-refractivity contribution in [2.75, 3.05) is 38.2 Å². The minimum Gasteiger partial charge on any atom is -0.481 e. The van der Waals surface area contributed by atoms with E-state index in [-0.39, 0.29) is 0 Å². The number of nitrogens with zero attached hydrogens (tertiary/aromatic N) is 4. The highest BCUT2D eigenvalue weighted by molar-refractivity contribution is 5.33. The van der Waals surface area contributed by atoms with Gasteiger partial charge in [0.2, 0.25) is 11.8 Å². The molecule has 0 saturated carbocycles. The molecule has 1 aromatic carbocycles. The SMILES string of the molecule is COc1ccnc(N2CCN(CC(O)c3ccccc3)C(C)C2)n1. The zero-order valence-corrected chi connectivity index (χ0v) is 14.2. The van der Waals surface area contributed by atoms with E-state index in [1.807, 2.05) is 30.3 Å². The zero-order valence-electron chi connectivity index (χ0n) is 14.2. The van der Waals surface area contributed by atoms with E-state index in [9.17, 15) is 5.11 Å². The number of aliphatic hydroxyl groups is 1. The maximum absolute atomic E-state index is 10.4. The highest BCUT2D eigenvalue weighted by Gasteiger charge is 2.27. The Labute approximate surface area is 142 Å². The monoisotopic (exact) mass is 328 g/mol. The van der Waals surface area contributed by atoms with Gasteiger partial charge in [0.05, 0.1) is 13.2 Å². The molecule has 2 unspecified atom stereocenters. The van der Waals surface area contributed by atoms with Crippen molar-refractivity contribution in [1.82, 2.24) is 14.9 Å². The Morgan fingerprint density at radius 1 is 1.25 bits per heavy atom. The Morgan fingerprint density at radius 2 is 2.04 bits per heavy atom. The molecular formula is C18H24N4O2. The van der Waals surface area contributed by atoms with Crippen molar-refractivity contribution in [2.24, 2.45) is 0 Å². The van der Waals surface area contributed by atoms with Crippen LogP contribution in [0.4, 0.5) is 5.95 Å². The van der Waals surface area contributed by atoms with Gasteiger partial charge in [-0.25, -0.2) is 4.98 Å². The Balaban J connectivity index is 1.61. The number of methoxy groups -OCH3 is 1. The molecule has 6 heteroatoms. The van der Waals surface area contributed by atoms with Gasteiger partial charge in [0.1, 0.15) is 0 Å². The van der Waals surface area contributed by atoms with Crippen molar-refractivity contribution in [3.05, 3.63) is 48.2 Å². The molecule has 2 atom stereocenters. The van der Waals surface area contributed by atoms with Crippen LogP contribution in [0.15, 0.2) is 42.6 Å². The predicted molar refractivity (Wildman–Crippen MR) is 93.2 cm³/mol. The van der Waals surface area contributed by atoms with Gasteiger partial charge in [-0.1, -0.05) is 30.3 Å². The summed E-state index contributed by atoms with van der Waals surface area (Å²) in [5, 5.41) is 10.4. The third kappa shape index (κ3) is 3.83. The third-order valence-corrected chi connectivity index (χ3v) is 4.47. The molecule has 1 aliphatic rings. The van der Waals surface area contributed by atoms with E-state index >= 15 is 0 Å². The summed E-state index contributed by atoms with van der Waals surface area (Å²) >= 11 is 0. The molecule has 0 radical (unpaired) electrons. The average Bonchev–Trinajstić information content (AvgIpc) is 2.64. The summed E-state index contributed by atoms with van der Waals surface area (Å²) in [6.07, 6.45) is 1.26. The molecule has 24 heavy (non-hydrogen) atoms. The summed E-state index contributed by atoms with van der Waals surface area (Å²) in [4.78, 5) is 13.2. The summed E-state index contributed by atoms with van der Waals surface area (Å²) < 4.78 is 5.17. The Morgan fingerprint density at radius 3 is 2.75 bits per heavy atom. The first-order valence-electron chi connectivity index (χ1n) is 8.26. The maximum atomic E-state index is 10.4. The summed E-state index contributed by atoms with van der Waals surface area (Å²) in [5.74, 6) is 1.28. The number of hydrogen-bond donors (Lipinski definition) is 1. The quantitative estimate of drug-likeness (QED) is 0.902. The molecular weight excluding hydrogens is 304 g/mol. The third-order valence-electron chi connectivity index (χ3n) is 4.47. The molecule has 1 saturated heterocycles. The van der Waals surface area contributed by atoms with Crippen molar-refractivity contribution in [3.8, 4) is 5.88 Å². The van der Waals surface area contributed by atoms with Crippen molar-refractivity contribution in [2.45, 2.75) is 19.1 Å². The van der Waals surface area contributed by atoms with Crippen molar-refractivity contribution in [1.29, 1.82) is 0 Å². The predicted octanol–water partition coefficient (Wildman–Crippen LogP) is 1.73. The van der Waals surface area contributed by atoms with Crippen molar-refractivity contribution >= 4 is 5.95 Å². The lowest BCUT2D eigenvalue weighted by atomic mass is 10.1. The standard InChI is InChI=1S/C18H24N4O2/c1-14-12-22(18-19-9-8-17(20-18)24-2)11-10-21(14)13-16(23)15-6-4-3-5-7-15/h3-9,14,16,23H,10-13H2,1-2H3. The van der Waals surface area contributed by atoms with Gasteiger partial charge in [0.15, 0.2) is 0 Å². The average molecular weight is 328 g/mol. The Hall–Kier alpha value is -2.18. The fourth-order valence-electron chi connectivity index (χ4n) is 3.05. The van der Waals surface area contributed by atoms with Crippen LogP contribution >= 0.6 is 0 Å². The first-order valence-corrected chi connectivity index (χ1v) is 8.26. The molecule has 0 aliphatic carbocycles. The van der Waals surface area contributed by atoms with E-state index in [4.69, 9.17) is 4.74 Å². The van der Waals surface area contributed by atoms with Crippen LogP contribution in [-0.4, -0.2) is 59.3 Å². The minimum atomic E-state index is -0.465.